The van der Waals surface area contributed by atoms with Gasteiger partial charge in [0.05, 0.1) is 25.1 Å². The van der Waals surface area contributed by atoms with E-state index in [-0.39, 0.29) is 13.1 Å². The predicted octanol–water partition coefficient (Wildman–Crippen LogP) is 2.42. The van der Waals surface area contributed by atoms with Crippen LogP contribution in [-0.2, 0) is 10.0 Å². The summed E-state index contributed by atoms with van der Waals surface area (Å²) in [6, 6.07) is 11.9. The number of ether oxygens (including phenoxy) is 1. The molecule has 0 heterocycles. The summed E-state index contributed by atoms with van der Waals surface area (Å²) in [5.41, 5.74) is 0.708. The molecule has 0 radical (unpaired) electrons. The van der Waals surface area contributed by atoms with E-state index in [2.05, 4.69) is 5.32 Å². The Morgan fingerprint density at radius 3 is 2.42 bits per heavy atom. The van der Waals surface area contributed by atoms with Crippen LogP contribution in [0.4, 0.5) is 10.1 Å². The van der Waals surface area contributed by atoms with Crippen molar-refractivity contribution in [1.29, 1.82) is 0 Å². The number of benzene rings is 2. The van der Waals surface area contributed by atoms with E-state index < -0.39 is 21.7 Å². The third kappa shape index (κ3) is 5.19. The van der Waals surface area contributed by atoms with E-state index in [1.165, 1.54) is 28.6 Å². The lowest BCUT2D eigenvalue weighted by atomic mass is 10.2. The zero-order valence-electron chi connectivity index (χ0n) is 14.6. The van der Waals surface area contributed by atoms with E-state index >= 15 is 0 Å². The molecule has 0 aromatic heterocycles. The molecular formula is C18H21FN2O4S. The largest absolute Gasteiger partial charge is 0.492 e. The van der Waals surface area contributed by atoms with Gasteiger partial charge in [0.25, 0.3) is 5.91 Å². The van der Waals surface area contributed by atoms with Crippen LogP contribution in [0.1, 0.15) is 17.3 Å². The molecule has 1 amide bonds. The number of carbonyl (C=O) groups is 1. The van der Waals surface area contributed by atoms with Crippen LogP contribution in [0, 0.1) is 5.82 Å². The molecule has 0 unspecified atom stereocenters. The Balaban J connectivity index is 2.10. The summed E-state index contributed by atoms with van der Waals surface area (Å²) in [5, 5.41) is 2.63. The van der Waals surface area contributed by atoms with Crippen LogP contribution in [0.2, 0.25) is 0 Å². The number of halogens is 1. The molecule has 0 saturated heterocycles. The van der Waals surface area contributed by atoms with E-state index in [1.807, 2.05) is 6.92 Å². The predicted molar refractivity (Wildman–Crippen MR) is 98.5 cm³/mol. The molecule has 2 aromatic rings. The minimum absolute atomic E-state index is 0.0376. The van der Waals surface area contributed by atoms with Gasteiger partial charge in [0.2, 0.25) is 10.0 Å². The zero-order valence-corrected chi connectivity index (χ0v) is 15.4. The van der Waals surface area contributed by atoms with Gasteiger partial charge >= 0.3 is 0 Å². The molecule has 0 bridgehead atoms. The van der Waals surface area contributed by atoms with Crippen molar-refractivity contribution in [3.8, 4) is 5.75 Å². The maximum atomic E-state index is 12.9. The standard InChI is InChI=1S/C18H21FN2O4S/c1-3-25-17-7-5-4-6-16(17)21(26(2,23)24)13-12-20-18(22)14-8-10-15(19)11-9-14/h4-11H,3,12-13H2,1-2H3,(H,20,22). The number of amides is 1. The first-order chi connectivity index (χ1) is 12.3. The van der Waals surface area contributed by atoms with Crippen molar-refractivity contribution >= 4 is 21.6 Å². The van der Waals surface area contributed by atoms with E-state index in [4.69, 9.17) is 4.74 Å². The molecule has 0 atom stereocenters. The van der Waals surface area contributed by atoms with Gasteiger partial charge < -0.3 is 10.1 Å². The fourth-order valence-electron chi connectivity index (χ4n) is 2.38. The van der Waals surface area contributed by atoms with Crippen LogP contribution in [0.5, 0.6) is 5.75 Å². The van der Waals surface area contributed by atoms with Crippen LogP contribution in [-0.4, -0.2) is 40.3 Å². The fraction of sp³-hybridized carbons (Fsp3) is 0.278. The van der Waals surface area contributed by atoms with Gasteiger partial charge in [0.15, 0.2) is 0 Å². The van der Waals surface area contributed by atoms with Gasteiger partial charge in [-0.15, -0.1) is 0 Å². The maximum Gasteiger partial charge on any atom is 0.251 e. The molecule has 140 valence electrons. The average molecular weight is 380 g/mol. The molecule has 2 aromatic carbocycles. The second-order valence-corrected chi connectivity index (χ2v) is 7.41. The molecule has 0 fully saturated rings. The highest BCUT2D eigenvalue weighted by Gasteiger charge is 2.21. The van der Waals surface area contributed by atoms with Crippen LogP contribution in [0.25, 0.3) is 0 Å². The molecule has 0 aliphatic carbocycles. The van der Waals surface area contributed by atoms with Crippen LogP contribution < -0.4 is 14.4 Å². The number of sulfonamides is 1. The van der Waals surface area contributed by atoms with E-state index in [9.17, 15) is 17.6 Å². The van der Waals surface area contributed by atoms with Gasteiger partial charge in [-0.2, -0.15) is 0 Å². The first-order valence-electron chi connectivity index (χ1n) is 8.06. The van der Waals surface area contributed by atoms with Gasteiger partial charge in [0.1, 0.15) is 11.6 Å². The third-order valence-electron chi connectivity index (χ3n) is 3.54. The second-order valence-electron chi connectivity index (χ2n) is 5.50. The fourth-order valence-corrected chi connectivity index (χ4v) is 3.31. The smallest absolute Gasteiger partial charge is 0.251 e. The van der Waals surface area contributed by atoms with Gasteiger partial charge in [-0.3, -0.25) is 9.10 Å². The summed E-state index contributed by atoms with van der Waals surface area (Å²) in [5.74, 6) is -0.390. The molecule has 2 rings (SSSR count). The zero-order chi connectivity index (χ0) is 19.2. The summed E-state index contributed by atoms with van der Waals surface area (Å²) >= 11 is 0. The Morgan fingerprint density at radius 1 is 1.15 bits per heavy atom. The summed E-state index contributed by atoms with van der Waals surface area (Å²) in [6.45, 7) is 2.33. The van der Waals surface area contributed by atoms with Crippen molar-refractivity contribution in [1.82, 2.24) is 5.32 Å². The van der Waals surface area contributed by atoms with E-state index in [0.29, 0.717) is 23.6 Å². The molecule has 0 spiro atoms. The van der Waals surface area contributed by atoms with Crippen molar-refractivity contribution < 1.29 is 22.3 Å². The highest BCUT2D eigenvalue weighted by atomic mass is 32.2. The second kappa shape index (κ2) is 8.66. The first-order valence-corrected chi connectivity index (χ1v) is 9.91. The van der Waals surface area contributed by atoms with Crippen LogP contribution in [0.3, 0.4) is 0 Å². The molecular weight excluding hydrogens is 359 g/mol. The van der Waals surface area contributed by atoms with Gasteiger partial charge in [0, 0.05) is 12.1 Å². The quantitative estimate of drug-likeness (QED) is 0.763. The van der Waals surface area contributed by atoms with Gasteiger partial charge in [-0.25, -0.2) is 12.8 Å². The molecule has 26 heavy (non-hydrogen) atoms. The number of para-hydroxylation sites is 2. The highest BCUT2D eigenvalue weighted by molar-refractivity contribution is 7.92. The Morgan fingerprint density at radius 2 is 1.81 bits per heavy atom. The number of hydrogen-bond donors (Lipinski definition) is 1. The Kier molecular flexibility index (Phi) is 6.57. The van der Waals surface area contributed by atoms with Crippen molar-refractivity contribution in [3.63, 3.8) is 0 Å². The van der Waals surface area contributed by atoms with E-state index in [0.717, 1.165) is 6.26 Å². The number of hydrogen-bond acceptors (Lipinski definition) is 4. The maximum absolute atomic E-state index is 12.9. The highest BCUT2D eigenvalue weighted by Crippen LogP contribution is 2.29. The lowest BCUT2D eigenvalue weighted by molar-refractivity contribution is 0.0955. The molecule has 8 heteroatoms. The third-order valence-corrected chi connectivity index (χ3v) is 4.72. The van der Waals surface area contributed by atoms with Crippen molar-refractivity contribution in [2.75, 3.05) is 30.3 Å². The average Bonchev–Trinajstić information content (AvgIpc) is 2.59. The normalized spacial score (nSPS) is 11.0. The van der Waals surface area contributed by atoms with Gasteiger partial charge in [-0.1, -0.05) is 12.1 Å². The topological polar surface area (TPSA) is 75.7 Å². The lowest BCUT2D eigenvalue weighted by Gasteiger charge is -2.24. The minimum atomic E-state index is -3.57. The molecule has 0 aliphatic heterocycles. The number of rotatable bonds is 8. The summed E-state index contributed by atoms with van der Waals surface area (Å²) in [4.78, 5) is 12.1. The number of nitrogens with zero attached hydrogens (tertiary/aromatic N) is 1. The Bertz CT molecular complexity index is 854. The van der Waals surface area contributed by atoms with Crippen molar-refractivity contribution in [2.45, 2.75) is 6.92 Å². The van der Waals surface area contributed by atoms with Crippen molar-refractivity contribution in [2.24, 2.45) is 0 Å². The lowest BCUT2D eigenvalue weighted by Crippen LogP contribution is -2.38. The monoisotopic (exact) mass is 380 g/mol. The summed E-state index contributed by atoms with van der Waals surface area (Å²) in [6.07, 6.45) is 1.09. The summed E-state index contributed by atoms with van der Waals surface area (Å²) < 4.78 is 44.0. The molecule has 6 nitrogen and oxygen atoms in total. The van der Waals surface area contributed by atoms with Gasteiger partial charge in [-0.05, 0) is 43.3 Å². The number of carbonyl (C=O) groups excluding carboxylic acids is 1. The van der Waals surface area contributed by atoms with Crippen LogP contribution >= 0.6 is 0 Å². The molecule has 1 N–H and O–H groups in total. The first kappa shape index (κ1) is 19.7. The minimum Gasteiger partial charge on any atom is -0.492 e. The Labute approximate surface area is 152 Å². The van der Waals surface area contributed by atoms with Crippen LogP contribution in [0.15, 0.2) is 48.5 Å². The molecule has 0 saturated carbocycles. The molecule has 0 aliphatic rings. The van der Waals surface area contributed by atoms with E-state index in [1.54, 1.807) is 24.3 Å². The number of nitrogens with one attached hydrogen (secondary N) is 1. The SMILES string of the molecule is CCOc1ccccc1N(CCNC(=O)c1ccc(F)cc1)S(C)(=O)=O. The Hall–Kier alpha value is -2.61. The summed E-state index contributed by atoms with van der Waals surface area (Å²) in [7, 11) is -3.57. The van der Waals surface area contributed by atoms with Crippen molar-refractivity contribution in [3.05, 3.63) is 59.9 Å². The number of anilines is 1.